The molecular formula is C18H23BrClNO3. The Labute approximate surface area is 158 Å². The summed E-state index contributed by atoms with van der Waals surface area (Å²) in [4.78, 5) is 0. The van der Waals surface area contributed by atoms with E-state index < -0.39 is 0 Å². The highest BCUT2D eigenvalue weighted by Gasteiger charge is 2.09. The first-order chi connectivity index (χ1) is 11.2. The molecule has 0 bridgehead atoms. The van der Waals surface area contributed by atoms with Gasteiger partial charge >= 0.3 is 0 Å². The summed E-state index contributed by atoms with van der Waals surface area (Å²) in [5, 5.41) is 3.44. The van der Waals surface area contributed by atoms with Gasteiger partial charge in [-0.2, -0.15) is 0 Å². The fourth-order valence-corrected chi connectivity index (χ4v) is 2.90. The first-order valence-corrected chi connectivity index (χ1v) is 8.22. The molecule has 1 N–H and O–H groups in total. The summed E-state index contributed by atoms with van der Waals surface area (Å²) in [7, 11) is 5.04. The number of methoxy groups -OCH3 is 3. The molecule has 0 atom stereocenters. The predicted octanol–water partition coefficient (Wildman–Crippen LogP) is 4.23. The van der Waals surface area contributed by atoms with E-state index >= 15 is 0 Å². The zero-order chi connectivity index (χ0) is 16.7. The van der Waals surface area contributed by atoms with Gasteiger partial charge in [-0.25, -0.2) is 0 Å². The van der Waals surface area contributed by atoms with E-state index in [9.17, 15) is 0 Å². The molecule has 0 aliphatic carbocycles. The van der Waals surface area contributed by atoms with E-state index in [0.717, 1.165) is 52.4 Å². The summed E-state index contributed by atoms with van der Waals surface area (Å²) in [6, 6.07) is 12.0. The fraction of sp³-hybridized carbons (Fsp3) is 0.333. The van der Waals surface area contributed by atoms with Gasteiger partial charge in [0.1, 0.15) is 17.2 Å². The van der Waals surface area contributed by atoms with Crippen LogP contribution in [-0.4, -0.2) is 27.9 Å². The fourth-order valence-electron chi connectivity index (χ4n) is 2.41. The highest BCUT2D eigenvalue weighted by atomic mass is 79.9. The number of nitrogens with one attached hydrogen (secondary N) is 1. The zero-order valence-corrected chi connectivity index (χ0v) is 16.5. The Morgan fingerprint density at radius 1 is 0.875 bits per heavy atom. The summed E-state index contributed by atoms with van der Waals surface area (Å²) >= 11 is 3.48. The summed E-state index contributed by atoms with van der Waals surface area (Å²) in [6.07, 6.45) is 0.849. The molecule has 2 rings (SSSR count). The van der Waals surface area contributed by atoms with Crippen LogP contribution in [0.1, 0.15) is 11.1 Å². The molecule has 0 aliphatic rings. The summed E-state index contributed by atoms with van der Waals surface area (Å²) in [6.45, 7) is 1.60. The second kappa shape index (κ2) is 10.4. The molecule has 0 amide bonds. The minimum Gasteiger partial charge on any atom is -0.496 e. The van der Waals surface area contributed by atoms with Crippen molar-refractivity contribution in [2.75, 3.05) is 27.9 Å². The molecule has 2 aromatic carbocycles. The maximum Gasteiger partial charge on any atom is 0.133 e. The van der Waals surface area contributed by atoms with Crippen molar-refractivity contribution in [1.82, 2.24) is 5.32 Å². The van der Waals surface area contributed by atoms with Gasteiger partial charge in [-0.3, -0.25) is 0 Å². The molecule has 0 fully saturated rings. The van der Waals surface area contributed by atoms with Crippen LogP contribution in [0.5, 0.6) is 17.2 Å². The normalized spacial score (nSPS) is 10.0. The molecular weight excluding hydrogens is 394 g/mol. The highest BCUT2D eigenvalue weighted by Crippen LogP contribution is 2.32. The van der Waals surface area contributed by atoms with E-state index in [1.54, 1.807) is 21.3 Å². The largest absolute Gasteiger partial charge is 0.496 e. The molecule has 6 heteroatoms. The SMILES string of the molecule is COc1cc(CCNCc2ccccc2OC)c(OC)cc1Br.Cl. The second-order valence-corrected chi connectivity index (χ2v) is 5.89. The average Bonchev–Trinajstić information content (AvgIpc) is 2.59. The van der Waals surface area contributed by atoms with Crippen LogP contribution in [0.3, 0.4) is 0 Å². The van der Waals surface area contributed by atoms with Crippen molar-refractivity contribution >= 4 is 28.3 Å². The van der Waals surface area contributed by atoms with Crippen LogP contribution in [0.15, 0.2) is 40.9 Å². The lowest BCUT2D eigenvalue weighted by Crippen LogP contribution is -2.17. The lowest BCUT2D eigenvalue weighted by Gasteiger charge is -2.13. The number of hydrogen-bond acceptors (Lipinski definition) is 4. The molecule has 0 saturated carbocycles. The lowest BCUT2D eigenvalue weighted by molar-refractivity contribution is 0.396. The third kappa shape index (κ3) is 5.30. The molecule has 0 radical (unpaired) electrons. The van der Waals surface area contributed by atoms with Crippen molar-refractivity contribution in [3.8, 4) is 17.2 Å². The van der Waals surface area contributed by atoms with Crippen molar-refractivity contribution in [2.24, 2.45) is 0 Å². The summed E-state index contributed by atoms with van der Waals surface area (Å²) in [5.74, 6) is 2.57. The zero-order valence-electron chi connectivity index (χ0n) is 14.1. The first-order valence-electron chi connectivity index (χ1n) is 7.42. The molecule has 0 saturated heterocycles. The van der Waals surface area contributed by atoms with E-state index in [0.29, 0.717) is 0 Å². The Kier molecular flexibility index (Phi) is 8.97. The Morgan fingerprint density at radius 2 is 1.54 bits per heavy atom. The second-order valence-electron chi connectivity index (χ2n) is 5.04. The van der Waals surface area contributed by atoms with E-state index in [-0.39, 0.29) is 12.4 Å². The number of hydrogen-bond donors (Lipinski definition) is 1. The van der Waals surface area contributed by atoms with Crippen molar-refractivity contribution < 1.29 is 14.2 Å². The van der Waals surface area contributed by atoms with Crippen molar-refractivity contribution in [3.05, 3.63) is 52.0 Å². The van der Waals surface area contributed by atoms with Gasteiger partial charge in [0.2, 0.25) is 0 Å². The summed E-state index contributed by atoms with van der Waals surface area (Å²) in [5.41, 5.74) is 2.26. The predicted molar refractivity (Wildman–Crippen MR) is 103 cm³/mol. The maximum absolute atomic E-state index is 5.44. The van der Waals surface area contributed by atoms with Crippen molar-refractivity contribution in [2.45, 2.75) is 13.0 Å². The van der Waals surface area contributed by atoms with Crippen LogP contribution in [0.2, 0.25) is 0 Å². The van der Waals surface area contributed by atoms with Crippen LogP contribution >= 0.6 is 28.3 Å². The van der Waals surface area contributed by atoms with Gasteiger partial charge in [0.25, 0.3) is 0 Å². The van der Waals surface area contributed by atoms with Gasteiger partial charge in [-0.15, -0.1) is 12.4 Å². The third-order valence-corrected chi connectivity index (χ3v) is 4.25. The summed E-state index contributed by atoms with van der Waals surface area (Å²) < 4.78 is 17.0. The monoisotopic (exact) mass is 415 g/mol. The van der Waals surface area contributed by atoms with Crippen LogP contribution < -0.4 is 19.5 Å². The molecule has 24 heavy (non-hydrogen) atoms. The van der Waals surface area contributed by atoms with Crippen molar-refractivity contribution in [1.29, 1.82) is 0 Å². The van der Waals surface area contributed by atoms with Crippen LogP contribution in [0.4, 0.5) is 0 Å². The molecule has 2 aromatic rings. The van der Waals surface area contributed by atoms with E-state index in [4.69, 9.17) is 14.2 Å². The van der Waals surface area contributed by atoms with Crippen LogP contribution in [0, 0.1) is 0 Å². The molecule has 0 heterocycles. The lowest BCUT2D eigenvalue weighted by atomic mass is 10.1. The number of ether oxygens (including phenoxy) is 3. The Hall–Kier alpha value is -1.43. The van der Waals surface area contributed by atoms with Gasteiger partial charge in [0.15, 0.2) is 0 Å². The molecule has 0 spiro atoms. The molecule has 4 nitrogen and oxygen atoms in total. The Balaban J connectivity index is 0.00000288. The highest BCUT2D eigenvalue weighted by molar-refractivity contribution is 9.10. The Morgan fingerprint density at radius 3 is 2.21 bits per heavy atom. The van der Waals surface area contributed by atoms with Gasteiger partial charge in [-0.05, 0) is 52.7 Å². The van der Waals surface area contributed by atoms with E-state index in [2.05, 4.69) is 27.3 Å². The molecule has 0 unspecified atom stereocenters. The van der Waals surface area contributed by atoms with E-state index in [1.807, 2.05) is 30.3 Å². The van der Waals surface area contributed by atoms with Crippen molar-refractivity contribution in [3.63, 3.8) is 0 Å². The first kappa shape index (κ1) is 20.6. The smallest absolute Gasteiger partial charge is 0.133 e. The quantitative estimate of drug-likeness (QED) is 0.654. The van der Waals surface area contributed by atoms with Crippen LogP contribution in [-0.2, 0) is 13.0 Å². The molecule has 0 aliphatic heterocycles. The molecule has 0 aromatic heterocycles. The molecule has 132 valence electrons. The number of rotatable bonds is 8. The van der Waals surface area contributed by atoms with Gasteiger partial charge < -0.3 is 19.5 Å². The average molecular weight is 417 g/mol. The van der Waals surface area contributed by atoms with Gasteiger partial charge in [-0.1, -0.05) is 18.2 Å². The van der Waals surface area contributed by atoms with Gasteiger partial charge in [0.05, 0.1) is 25.8 Å². The maximum atomic E-state index is 5.44. The third-order valence-electron chi connectivity index (χ3n) is 3.63. The number of para-hydroxylation sites is 1. The minimum absolute atomic E-state index is 0. The van der Waals surface area contributed by atoms with E-state index in [1.165, 1.54) is 0 Å². The van der Waals surface area contributed by atoms with Gasteiger partial charge in [0, 0.05) is 12.1 Å². The topological polar surface area (TPSA) is 39.7 Å². The number of benzene rings is 2. The minimum atomic E-state index is 0. The van der Waals surface area contributed by atoms with Crippen LogP contribution in [0.25, 0.3) is 0 Å². The Bertz CT molecular complexity index is 652. The standard InChI is InChI=1S/C18H22BrNO3.ClH/c1-21-16-7-5-4-6-14(16)12-20-9-8-13-10-18(23-3)15(19)11-17(13)22-2;/h4-7,10-11,20H,8-9,12H2,1-3H3;1H. The number of halogens is 2.